The molecule has 0 aliphatic carbocycles. The molecule has 0 aliphatic rings. The maximum absolute atomic E-state index is 5.79. The molecule has 62 valence electrons. The normalized spacial score (nSPS) is 10.8. The lowest BCUT2D eigenvalue weighted by Gasteiger charge is -1.94. The van der Waals surface area contributed by atoms with Crippen molar-refractivity contribution in [3.05, 3.63) is 16.4 Å². The Morgan fingerprint density at radius 2 is 2.08 bits per heavy atom. The first-order valence-electron chi connectivity index (χ1n) is 3.14. The van der Waals surface area contributed by atoms with Crippen molar-refractivity contribution in [3.63, 3.8) is 0 Å². The molecule has 2 rings (SSSR count). The third kappa shape index (κ3) is 1.00. The van der Waals surface area contributed by atoms with Crippen LogP contribution in [0.5, 0.6) is 0 Å². The van der Waals surface area contributed by atoms with Crippen molar-refractivity contribution in [3.8, 4) is 0 Å². The lowest BCUT2D eigenvalue weighted by atomic mass is 10.4. The van der Waals surface area contributed by atoms with Crippen LogP contribution in [-0.4, -0.2) is 15.0 Å². The Bertz CT molecular complexity index is 436. The van der Waals surface area contributed by atoms with E-state index in [0.717, 1.165) is 0 Å². The predicted octanol–water partition coefficient (Wildman–Crippen LogP) is 1.85. The average molecular weight is 203 g/mol. The topological polar surface area (TPSA) is 67.6 Å². The van der Waals surface area contributed by atoms with Gasteiger partial charge < -0.3 is 10.7 Å². The Balaban J connectivity index is 2.93. The number of nitrogen functional groups attached to an aromatic ring is 1. The van der Waals surface area contributed by atoms with Gasteiger partial charge in [0.05, 0.1) is 10.4 Å². The summed E-state index contributed by atoms with van der Waals surface area (Å²) in [6.45, 7) is 0. The molecule has 2 aromatic rings. The molecule has 0 aromatic carbocycles. The van der Waals surface area contributed by atoms with E-state index in [9.17, 15) is 0 Å². The molecule has 12 heavy (non-hydrogen) atoms. The van der Waals surface area contributed by atoms with Gasteiger partial charge in [0, 0.05) is 6.20 Å². The second-order valence-electron chi connectivity index (χ2n) is 2.23. The van der Waals surface area contributed by atoms with E-state index in [4.69, 9.17) is 28.9 Å². The van der Waals surface area contributed by atoms with Crippen LogP contribution in [0.3, 0.4) is 0 Å². The van der Waals surface area contributed by atoms with Crippen LogP contribution in [0.1, 0.15) is 0 Å². The van der Waals surface area contributed by atoms with Gasteiger partial charge >= 0.3 is 0 Å². The summed E-state index contributed by atoms with van der Waals surface area (Å²) in [7, 11) is 0. The van der Waals surface area contributed by atoms with E-state index in [0.29, 0.717) is 16.1 Å². The van der Waals surface area contributed by atoms with Crippen LogP contribution in [0.2, 0.25) is 10.2 Å². The number of halogens is 2. The summed E-state index contributed by atoms with van der Waals surface area (Å²) in [5, 5.41) is 1.37. The van der Waals surface area contributed by atoms with Crippen molar-refractivity contribution in [1.29, 1.82) is 0 Å². The van der Waals surface area contributed by atoms with Gasteiger partial charge in [0.1, 0.15) is 10.8 Å². The third-order valence-corrected chi connectivity index (χ3v) is 2.03. The van der Waals surface area contributed by atoms with Gasteiger partial charge in [-0.25, -0.2) is 4.98 Å². The number of H-pyrrole nitrogens is 1. The zero-order chi connectivity index (χ0) is 8.72. The lowest BCUT2D eigenvalue weighted by molar-refractivity contribution is 1.22. The van der Waals surface area contributed by atoms with E-state index in [-0.39, 0.29) is 11.1 Å². The zero-order valence-electron chi connectivity index (χ0n) is 5.81. The number of nitrogens with zero attached hydrogens (tertiary/aromatic N) is 2. The molecule has 0 unspecified atom stereocenters. The maximum atomic E-state index is 5.79. The molecule has 2 aromatic heterocycles. The van der Waals surface area contributed by atoms with Crippen LogP contribution in [-0.2, 0) is 0 Å². The Morgan fingerprint density at radius 1 is 1.33 bits per heavy atom. The molecule has 0 fully saturated rings. The van der Waals surface area contributed by atoms with Gasteiger partial charge in [0.2, 0.25) is 5.95 Å². The van der Waals surface area contributed by atoms with Crippen molar-refractivity contribution >= 4 is 40.2 Å². The van der Waals surface area contributed by atoms with Gasteiger partial charge in [-0.3, -0.25) is 0 Å². The number of nitrogens with two attached hydrogens (primary N) is 1. The molecule has 3 N–H and O–H groups in total. The highest BCUT2D eigenvalue weighted by atomic mass is 35.5. The number of nitrogens with one attached hydrogen (secondary N) is 1. The van der Waals surface area contributed by atoms with Gasteiger partial charge in [0.15, 0.2) is 0 Å². The fraction of sp³-hybridized carbons (Fsp3) is 0. The van der Waals surface area contributed by atoms with Crippen molar-refractivity contribution in [2.75, 3.05) is 5.73 Å². The average Bonchev–Trinajstić information content (AvgIpc) is 2.31. The smallest absolute Gasteiger partial charge is 0.223 e. The second kappa shape index (κ2) is 2.50. The quantitative estimate of drug-likeness (QED) is 0.642. The maximum Gasteiger partial charge on any atom is 0.223 e. The molecular formula is C6H4Cl2N4. The van der Waals surface area contributed by atoms with Crippen molar-refractivity contribution in [2.24, 2.45) is 0 Å². The first-order valence-corrected chi connectivity index (χ1v) is 3.89. The highest BCUT2D eigenvalue weighted by Crippen LogP contribution is 2.27. The van der Waals surface area contributed by atoms with E-state index in [1.807, 2.05) is 0 Å². The first-order chi connectivity index (χ1) is 5.68. The van der Waals surface area contributed by atoms with E-state index in [1.54, 1.807) is 6.20 Å². The SMILES string of the molecule is Nc1nc(Cl)c2c(Cl)c[nH]c2n1. The Labute approximate surface area is 77.7 Å². The summed E-state index contributed by atoms with van der Waals surface area (Å²) >= 11 is 11.6. The Morgan fingerprint density at radius 3 is 2.83 bits per heavy atom. The number of fused-ring (bicyclic) bond motifs is 1. The van der Waals surface area contributed by atoms with Crippen LogP contribution < -0.4 is 5.73 Å². The van der Waals surface area contributed by atoms with Gasteiger partial charge in [-0.2, -0.15) is 4.98 Å². The number of aromatic nitrogens is 3. The van der Waals surface area contributed by atoms with Crippen molar-refractivity contribution in [1.82, 2.24) is 15.0 Å². The molecular weight excluding hydrogens is 199 g/mol. The van der Waals surface area contributed by atoms with E-state index < -0.39 is 0 Å². The fourth-order valence-electron chi connectivity index (χ4n) is 0.970. The molecule has 0 amide bonds. The zero-order valence-corrected chi connectivity index (χ0v) is 7.32. The molecule has 0 bridgehead atoms. The minimum Gasteiger partial charge on any atom is -0.368 e. The molecule has 0 aliphatic heterocycles. The molecule has 2 heterocycles. The summed E-state index contributed by atoms with van der Waals surface area (Å²) in [6, 6.07) is 0. The number of anilines is 1. The van der Waals surface area contributed by atoms with E-state index in [1.165, 1.54) is 0 Å². The summed E-state index contributed by atoms with van der Waals surface area (Å²) in [5.74, 6) is 0.131. The van der Waals surface area contributed by atoms with Crippen LogP contribution in [0.25, 0.3) is 11.0 Å². The van der Waals surface area contributed by atoms with Gasteiger partial charge in [-0.15, -0.1) is 0 Å². The van der Waals surface area contributed by atoms with Crippen LogP contribution >= 0.6 is 23.2 Å². The largest absolute Gasteiger partial charge is 0.368 e. The minimum atomic E-state index is 0.131. The molecule has 0 spiro atoms. The second-order valence-corrected chi connectivity index (χ2v) is 3.00. The molecule has 0 saturated carbocycles. The molecule has 0 radical (unpaired) electrons. The fourth-order valence-corrected chi connectivity index (χ4v) is 1.53. The van der Waals surface area contributed by atoms with Crippen LogP contribution in [0.4, 0.5) is 5.95 Å². The van der Waals surface area contributed by atoms with Crippen LogP contribution in [0, 0.1) is 0 Å². The first kappa shape index (κ1) is 7.64. The van der Waals surface area contributed by atoms with Crippen molar-refractivity contribution in [2.45, 2.75) is 0 Å². The summed E-state index contributed by atoms with van der Waals surface area (Å²) < 4.78 is 0. The van der Waals surface area contributed by atoms with E-state index >= 15 is 0 Å². The third-order valence-electron chi connectivity index (χ3n) is 1.46. The monoisotopic (exact) mass is 202 g/mol. The minimum absolute atomic E-state index is 0.131. The van der Waals surface area contributed by atoms with Gasteiger partial charge in [0.25, 0.3) is 0 Å². The van der Waals surface area contributed by atoms with Crippen LogP contribution in [0.15, 0.2) is 6.20 Å². The number of hydrogen-bond donors (Lipinski definition) is 2. The summed E-state index contributed by atoms with van der Waals surface area (Å²) in [4.78, 5) is 10.5. The summed E-state index contributed by atoms with van der Waals surface area (Å²) in [5.41, 5.74) is 5.92. The molecule has 0 saturated heterocycles. The lowest BCUT2D eigenvalue weighted by Crippen LogP contribution is -1.94. The molecule has 6 heteroatoms. The highest BCUT2D eigenvalue weighted by molar-refractivity contribution is 6.41. The van der Waals surface area contributed by atoms with Gasteiger partial charge in [-0.05, 0) is 0 Å². The van der Waals surface area contributed by atoms with Crippen molar-refractivity contribution < 1.29 is 0 Å². The standard InChI is InChI=1S/C6H4Cl2N4/c7-2-1-10-5-3(2)4(8)11-6(9)12-5/h1H,(H3,9,10,11,12). The Kier molecular flexibility index (Phi) is 1.59. The highest BCUT2D eigenvalue weighted by Gasteiger charge is 2.08. The molecule has 4 nitrogen and oxygen atoms in total. The van der Waals surface area contributed by atoms with E-state index in [2.05, 4.69) is 15.0 Å². The number of hydrogen-bond acceptors (Lipinski definition) is 3. The predicted molar refractivity (Wildman–Crippen MR) is 48.3 cm³/mol. The number of aromatic amines is 1. The summed E-state index contributed by atoms with van der Waals surface area (Å²) in [6.07, 6.45) is 1.59. The van der Waals surface area contributed by atoms with Gasteiger partial charge in [-0.1, -0.05) is 23.2 Å². The molecule has 0 atom stereocenters. The number of rotatable bonds is 0. The Hall–Kier alpha value is -1.00.